The normalized spacial score (nSPS) is 10.5. The number of hydrogen-bond donors (Lipinski definition) is 4. The summed E-state index contributed by atoms with van der Waals surface area (Å²) >= 11 is 0. The van der Waals surface area contributed by atoms with Crippen molar-refractivity contribution in [2.24, 2.45) is 0 Å². The fourth-order valence-electron chi connectivity index (χ4n) is 6.12. The van der Waals surface area contributed by atoms with E-state index < -0.39 is 0 Å². The summed E-state index contributed by atoms with van der Waals surface area (Å²) in [4.78, 5) is 8.00. The summed E-state index contributed by atoms with van der Waals surface area (Å²) in [7, 11) is 0. The lowest BCUT2D eigenvalue weighted by molar-refractivity contribution is -0.0980. The van der Waals surface area contributed by atoms with Crippen LogP contribution in [0.2, 0.25) is 0 Å². The number of aryl methyl sites for hydroxylation is 8. The molecule has 0 unspecified atom stereocenters. The lowest BCUT2D eigenvalue weighted by Gasteiger charge is -2.16. The van der Waals surface area contributed by atoms with E-state index in [0.29, 0.717) is 0 Å². The number of rotatable bonds is 10. The molecule has 0 saturated carbocycles. The Bertz CT molecular complexity index is 1270. The highest BCUT2D eigenvalue weighted by atomic mass is 16.1. The van der Waals surface area contributed by atoms with Crippen molar-refractivity contribution in [3.05, 3.63) is 93.0 Å². The van der Waals surface area contributed by atoms with Crippen molar-refractivity contribution in [1.82, 2.24) is 0 Å². The molecule has 4 aromatic carbocycles. The third kappa shape index (κ3) is 8.51. The van der Waals surface area contributed by atoms with Crippen LogP contribution < -0.4 is 22.9 Å². The highest BCUT2D eigenvalue weighted by molar-refractivity contribution is 5.76. The molecule has 0 saturated heterocycles. The zero-order valence-electron chi connectivity index (χ0n) is 29.7. The lowest BCUT2D eigenvalue weighted by Crippen LogP contribution is -2.02. The zero-order valence-corrected chi connectivity index (χ0v) is 29.7. The Morgan fingerprint density at radius 1 is 0.326 bits per heavy atom. The van der Waals surface area contributed by atoms with E-state index in [-0.39, 0.29) is 0 Å². The van der Waals surface area contributed by atoms with Gasteiger partial charge in [-0.2, -0.15) is 0 Å². The maximum absolute atomic E-state index is 8.00. The Balaban J connectivity index is 0.000000304. The van der Waals surface area contributed by atoms with Gasteiger partial charge < -0.3 is 27.7 Å². The maximum Gasteiger partial charge on any atom is 0.106 e. The lowest BCUT2D eigenvalue weighted by atomic mass is 9.92. The first-order valence-electron chi connectivity index (χ1n) is 17.0. The summed E-state index contributed by atoms with van der Waals surface area (Å²) < 4.78 is 0. The average Bonchev–Trinajstić information content (AvgIpc) is 3.09. The highest BCUT2D eigenvalue weighted by Crippen LogP contribution is 2.34. The van der Waals surface area contributed by atoms with E-state index >= 15 is 0 Å². The third-order valence-electron chi connectivity index (χ3n) is 9.12. The molecule has 0 atom stereocenters. The van der Waals surface area contributed by atoms with Gasteiger partial charge in [0.1, 0.15) is 6.79 Å². The van der Waals surface area contributed by atoms with Crippen molar-refractivity contribution in [2.75, 3.05) is 22.9 Å². The van der Waals surface area contributed by atoms with E-state index in [1.807, 2.05) is 6.79 Å². The second kappa shape index (κ2) is 18.0. The van der Waals surface area contributed by atoms with Crippen molar-refractivity contribution >= 4 is 29.5 Å². The zero-order chi connectivity index (χ0) is 34.6. The van der Waals surface area contributed by atoms with E-state index in [2.05, 4.69) is 104 Å². The van der Waals surface area contributed by atoms with Crippen LogP contribution >= 0.6 is 0 Å². The Morgan fingerprint density at radius 3 is 0.522 bits per heavy atom. The first-order valence-corrected chi connectivity index (χ1v) is 17.0. The van der Waals surface area contributed by atoms with Crippen LogP contribution in [0, 0.1) is 0 Å². The minimum absolute atomic E-state index is 0.954. The Morgan fingerprint density at radius 2 is 0.435 bits per heavy atom. The molecular weight excluding hydrogens is 564 g/mol. The molecule has 5 nitrogen and oxygen atoms in total. The van der Waals surface area contributed by atoms with Gasteiger partial charge in [0.25, 0.3) is 0 Å². The van der Waals surface area contributed by atoms with Crippen molar-refractivity contribution < 1.29 is 4.79 Å². The molecule has 4 aromatic rings. The van der Waals surface area contributed by atoms with Gasteiger partial charge in [-0.1, -0.05) is 55.4 Å². The SMILES string of the molecule is C=O.CCc1cc(-c2cc(CC)c(N)c(CC)c2)cc(CC)c1N.CCc1cc(-c2cc(CC)c(N)c(CC)c2)cc(CC)c1N. The van der Waals surface area contributed by atoms with Gasteiger partial charge in [0, 0.05) is 22.7 Å². The summed E-state index contributed by atoms with van der Waals surface area (Å²) in [5.74, 6) is 0. The van der Waals surface area contributed by atoms with Gasteiger partial charge in [-0.05, 0) is 167 Å². The van der Waals surface area contributed by atoms with Gasteiger partial charge in [-0.3, -0.25) is 0 Å². The Hall–Kier alpha value is -4.25. The molecule has 8 N–H and O–H groups in total. The summed E-state index contributed by atoms with van der Waals surface area (Å²) in [5, 5.41) is 0. The van der Waals surface area contributed by atoms with Gasteiger partial charge in [0.05, 0.1) is 0 Å². The number of carbonyl (C=O) groups excluding carboxylic acids is 1. The van der Waals surface area contributed by atoms with E-state index in [0.717, 1.165) is 74.1 Å². The monoisotopic (exact) mass is 622 g/mol. The summed E-state index contributed by atoms with van der Waals surface area (Å²) in [6, 6.07) is 17.9. The molecule has 0 aromatic heterocycles. The van der Waals surface area contributed by atoms with Crippen LogP contribution in [0.5, 0.6) is 0 Å². The standard InChI is InChI=1S/2C20H28N2.CH2O/c2*1-5-13-9-17(10-14(6-2)19(13)21)18-11-15(7-3)20(22)16(8-4)12-18;1-2/h2*9-12H,5-8,21-22H2,1-4H3;1H2. The first kappa shape index (κ1) is 37.9. The smallest absolute Gasteiger partial charge is 0.106 e. The number of carbonyl (C=O) groups is 1. The second-order valence-corrected chi connectivity index (χ2v) is 11.7. The van der Waals surface area contributed by atoms with E-state index in [9.17, 15) is 0 Å². The Labute approximate surface area is 278 Å². The minimum Gasteiger partial charge on any atom is -0.398 e. The van der Waals surface area contributed by atoms with Gasteiger partial charge >= 0.3 is 0 Å². The third-order valence-corrected chi connectivity index (χ3v) is 9.12. The van der Waals surface area contributed by atoms with E-state index in [1.165, 1.54) is 66.8 Å². The first-order chi connectivity index (χ1) is 22.1. The van der Waals surface area contributed by atoms with E-state index in [1.54, 1.807) is 0 Å². The van der Waals surface area contributed by atoms with Crippen LogP contribution in [0.25, 0.3) is 22.3 Å². The molecule has 0 radical (unpaired) electrons. The van der Waals surface area contributed by atoms with Crippen molar-refractivity contribution in [3.8, 4) is 22.3 Å². The molecule has 0 heterocycles. The Kier molecular flexibility index (Phi) is 14.9. The summed E-state index contributed by atoms with van der Waals surface area (Å²) in [6.07, 6.45) is 7.69. The average molecular weight is 623 g/mol. The van der Waals surface area contributed by atoms with Crippen LogP contribution in [0.4, 0.5) is 22.7 Å². The van der Waals surface area contributed by atoms with Crippen LogP contribution in [-0.4, -0.2) is 6.79 Å². The molecule has 4 rings (SSSR count). The van der Waals surface area contributed by atoms with Crippen LogP contribution in [0.1, 0.15) is 99.9 Å². The van der Waals surface area contributed by atoms with Gasteiger partial charge in [-0.25, -0.2) is 0 Å². The predicted molar refractivity (Wildman–Crippen MR) is 204 cm³/mol. The van der Waals surface area contributed by atoms with Gasteiger partial charge in [-0.15, -0.1) is 0 Å². The van der Waals surface area contributed by atoms with Crippen LogP contribution in [-0.2, 0) is 56.2 Å². The predicted octanol–water partition coefficient (Wildman–Crippen LogP) is 9.35. The molecule has 0 aliphatic heterocycles. The fraction of sp³-hybridized carbons (Fsp3) is 0.390. The number of anilines is 4. The largest absolute Gasteiger partial charge is 0.398 e. The maximum atomic E-state index is 8.00. The highest BCUT2D eigenvalue weighted by Gasteiger charge is 2.13. The van der Waals surface area contributed by atoms with Crippen molar-refractivity contribution in [2.45, 2.75) is 107 Å². The molecule has 0 spiro atoms. The molecule has 46 heavy (non-hydrogen) atoms. The molecule has 0 fully saturated rings. The number of nitrogens with two attached hydrogens (primary N) is 4. The second-order valence-electron chi connectivity index (χ2n) is 11.7. The van der Waals surface area contributed by atoms with Crippen LogP contribution in [0.3, 0.4) is 0 Å². The van der Waals surface area contributed by atoms with E-state index in [4.69, 9.17) is 27.7 Å². The summed E-state index contributed by atoms with van der Waals surface area (Å²) in [5.41, 5.74) is 43.8. The molecular formula is C41H58N4O. The topological polar surface area (TPSA) is 121 Å². The number of hydrogen-bond acceptors (Lipinski definition) is 5. The van der Waals surface area contributed by atoms with Gasteiger partial charge in [0.15, 0.2) is 0 Å². The molecule has 0 bridgehead atoms. The van der Waals surface area contributed by atoms with Crippen molar-refractivity contribution in [1.29, 1.82) is 0 Å². The molecule has 5 heteroatoms. The number of nitrogen functional groups attached to an aromatic ring is 4. The molecule has 248 valence electrons. The molecule has 0 aliphatic rings. The summed E-state index contributed by atoms with van der Waals surface area (Å²) in [6.45, 7) is 19.3. The minimum atomic E-state index is 0.954. The quantitative estimate of drug-likeness (QED) is 0.131. The fourth-order valence-corrected chi connectivity index (χ4v) is 6.12. The van der Waals surface area contributed by atoms with Crippen molar-refractivity contribution in [3.63, 3.8) is 0 Å². The molecule has 0 aliphatic carbocycles. The number of benzene rings is 4. The van der Waals surface area contributed by atoms with Gasteiger partial charge in [0.2, 0.25) is 0 Å². The molecule has 0 amide bonds. The van der Waals surface area contributed by atoms with Crippen LogP contribution in [0.15, 0.2) is 48.5 Å².